The topological polar surface area (TPSA) is 52.7 Å². The highest BCUT2D eigenvalue weighted by Gasteiger charge is 2.33. The van der Waals surface area contributed by atoms with E-state index < -0.39 is 31.1 Å². The molecule has 0 unspecified atom stereocenters. The summed E-state index contributed by atoms with van der Waals surface area (Å²) < 4.78 is 37.1. The van der Waals surface area contributed by atoms with Crippen molar-refractivity contribution in [2.45, 2.75) is 19.5 Å². The zero-order chi connectivity index (χ0) is 15.1. The smallest absolute Gasteiger partial charge is 0.347 e. The average Bonchev–Trinajstić information content (AvgIpc) is 2.26. The highest BCUT2D eigenvalue weighted by molar-refractivity contribution is 5.84. The van der Waals surface area contributed by atoms with Gasteiger partial charge in [0.2, 0.25) is 11.8 Å². The number of halogens is 3. The standard InChI is InChI=1S/C11H20F3N3O2/c1-4-15-6-5-9(18)17(8-11(12,13)14)7-10(19)16(2)3/h15H,4-8H2,1-3H3. The van der Waals surface area contributed by atoms with Gasteiger partial charge in [-0.2, -0.15) is 13.2 Å². The van der Waals surface area contributed by atoms with Crippen LogP contribution in [0.2, 0.25) is 0 Å². The van der Waals surface area contributed by atoms with Crippen LogP contribution in [0.25, 0.3) is 0 Å². The first-order chi connectivity index (χ1) is 8.67. The molecule has 2 amide bonds. The van der Waals surface area contributed by atoms with Crippen LogP contribution in [0.15, 0.2) is 0 Å². The lowest BCUT2D eigenvalue weighted by Crippen LogP contribution is -2.45. The van der Waals surface area contributed by atoms with Gasteiger partial charge in [0.15, 0.2) is 0 Å². The summed E-state index contributed by atoms with van der Waals surface area (Å²) in [6.45, 7) is 0.783. The molecule has 0 fully saturated rings. The number of carbonyl (C=O) groups excluding carboxylic acids is 2. The molecule has 0 spiro atoms. The molecule has 5 nitrogen and oxygen atoms in total. The molecule has 0 aromatic rings. The summed E-state index contributed by atoms with van der Waals surface area (Å²) in [4.78, 5) is 24.8. The maximum atomic E-state index is 12.4. The van der Waals surface area contributed by atoms with Crippen LogP contribution < -0.4 is 5.32 Å². The van der Waals surface area contributed by atoms with E-state index in [0.717, 1.165) is 4.90 Å². The van der Waals surface area contributed by atoms with Crippen LogP contribution in [0.5, 0.6) is 0 Å². The minimum absolute atomic E-state index is 0.0649. The Morgan fingerprint density at radius 1 is 1.16 bits per heavy atom. The van der Waals surface area contributed by atoms with Crippen molar-refractivity contribution in [3.05, 3.63) is 0 Å². The molecule has 8 heteroatoms. The third kappa shape index (κ3) is 8.41. The zero-order valence-corrected chi connectivity index (χ0v) is 11.4. The van der Waals surface area contributed by atoms with Gasteiger partial charge in [-0.05, 0) is 6.54 Å². The Hall–Kier alpha value is -1.31. The lowest BCUT2D eigenvalue weighted by atomic mass is 10.3. The second-order valence-electron chi connectivity index (χ2n) is 4.26. The molecule has 0 rings (SSSR count). The van der Waals surface area contributed by atoms with Gasteiger partial charge in [0.1, 0.15) is 13.1 Å². The first-order valence-corrected chi connectivity index (χ1v) is 5.92. The van der Waals surface area contributed by atoms with Gasteiger partial charge in [-0.15, -0.1) is 0 Å². The van der Waals surface area contributed by atoms with Crippen LogP contribution in [-0.2, 0) is 9.59 Å². The molecule has 0 aliphatic heterocycles. The zero-order valence-electron chi connectivity index (χ0n) is 11.4. The quantitative estimate of drug-likeness (QED) is 0.691. The molecular weight excluding hydrogens is 263 g/mol. The Kier molecular flexibility index (Phi) is 7.43. The maximum absolute atomic E-state index is 12.4. The SMILES string of the molecule is CCNCCC(=O)N(CC(=O)N(C)C)CC(F)(F)F. The fourth-order valence-electron chi connectivity index (χ4n) is 1.28. The number of nitrogens with zero attached hydrogens (tertiary/aromatic N) is 2. The van der Waals surface area contributed by atoms with Gasteiger partial charge in [0.25, 0.3) is 0 Å². The summed E-state index contributed by atoms with van der Waals surface area (Å²) in [6, 6.07) is 0. The van der Waals surface area contributed by atoms with E-state index in [2.05, 4.69) is 5.32 Å². The van der Waals surface area contributed by atoms with Gasteiger partial charge in [-0.3, -0.25) is 9.59 Å². The van der Waals surface area contributed by atoms with Crippen molar-refractivity contribution in [3.8, 4) is 0 Å². The number of rotatable bonds is 7. The van der Waals surface area contributed by atoms with Crippen molar-refractivity contribution < 1.29 is 22.8 Å². The van der Waals surface area contributed by atoms with Crippen molar-refractivity contribution in [2.75, 3.05) is 40.3 Å². The third-order valence-electron chi connectivity index (χ3n) is 2.31. The largest absolute Gasteiger partial charge is 0.406 e. The van der Waals surface area contributed by atoms with E-state index in [1.807, 2.05) is 6.92 Å². The molecule has 19 heavy (non-hydrogen) atoms. The van der Waals surface area contributed by atoms with Crippen molar-refractivity contribution in [1.82, 2.24) is 15.1 Å². The van der Waals surface area contributed by atoms with Gasteiger partial charge in [0.05, 0.1) is 0 Å². The van der Waals surface area contributed by atoms with Gasteiger partial charge < -0.3 is 15.1 Å². The van der Waals surface area contributed by atoms with E-state index in [9.17, 15) is 22.8 Å². The van der Waals surface area contributed by atoms with Crippen LogP contribution in [0.3, 0.4) is 0 Å². The Bertz CT molecular complexity index is 306. The molecule has 0 aromatic heterocycles. The van der Waals surface area contributed by atoms with E-state index in [1.165, 1.54) is 14.1 Å². The molecule has 0 saturated carbocycles. The number of nitrogens with one attached hydrogen (secondary N) is 1. The molecule has 0 heterocycles. The molecule has 0 atom stereocenters. The highest BCUT2D eigenvalue weighted by atomic mass is 19.4. The number of hydrogen-bond acceptors (Lipinski definition) is 3. The summed E-state index contributed by atoms with van der Waals surface area (Å²) in [5, 5.41) is 2.85. The number of amides is 2. The third-order valence-corrected chi connectivity index (χ3v) is 2.31. The van der Waals surface area contributed by atoms with Crippen LogP contribution in [0, 0.1) is 0 Å². The molecule has 0 radical (unpaired) electrons. The molecule has 112 valence electrons. The summed E-state index contributed by atoms with van der Waals surface area (Å²) >= 11 is 0. The first-order valence-electron chi connectivity index (χ1n) is 5.92. The number of carbonyl (C=O) groups is 2. The predicted octanol–water partition coefficient (Wildman–Crippen LogP) is 0.465. The average molecular weight is 283 g/mol. The second kappa shape index (κ2) is 7.98. The molecule has 0 aromatic carbocycles. The predicted molar refractivity (Wildman–Crippen MR) is 64.5 cm³/mol. The summed E-state index contributed by atoms with van der Waals surface area (Å²) in [6.07, 6.45) is -4.58. The van der Waals surface area contributed by atoms with Crippen LogP contribution in [0.4, 0.5) is 13.2 Å². The van der Waals surface area contributed by atoms with Crippen molar-refractivity contribution in [2.24, 2.45) is 0 Å². The fourth-order valence-corrected chi connectivity index (χ4v) is 1.28. The Labute approximate surface area is 110 Å². The van der Waals surface area contributed by atoms with E-state index >= 15 is 0 Å². The normalized spacial score (nSPS) is 11.3. The molecular formula is C11H20F3N3O2. The van der Waals surface area contributed by atoms with Gasteiger partial charge in [-0.1, -0.05) is 6.92 Å². The van der Waals surface area contributed by atoms with Gasteiger partial charge >= 0.3 is 6.18 Å². The van der Waals surface area contributed by atoms with E-state index in [4.69, 9.17) is 0 Å². The van der Waals surface area contributed by atoms with E-state index in [1.54, 1.807) is 0 Å². The minimum atomic E-state index is -4.51. The Morgan fingerprint density at radius 3 is 2.16 bits per heavy atom. The van der Waals surface area contributed by atoms with Crippen molar-refractivity contribution in [3.63, 3.8) is 0 Å². The minimum Gasteiger partial charge on any atom is -0.347 e. The number of hydrogen-bond donors (Lipinski definition) is 1. The lowest BCUT2D eigenvalue weighted by molar-refractivity contribution is -0.164. The van der Waals surface area contributed by atoms with Gasteiger partial charge in [-0.25, -0.2) is 0 Å². The highest BCUT2D eigenvalue weighted by Crippen LogP contribution is 2.17. The number of likely N-dealkylation sites (N-methyl/N-ethyl adjacent to an activating group) is 1. The van der Waals surface area contributed by atoms with Gasteiger partial charge in [0, 0.05) is 27.1 Å². The molecule has 0 bridgehead atoms. The Balaban J connectivity index is 4.57. The summed E-state index contributed by atoms with van der Waals surface area (Å²) in [5.41, 5.74) is 0. The van der Waals surface area contributed by atoms with E-state index in [0.29, 0.717) is 18.0 Å². The Morgan fingerprint density at radius 2 is 1.74 bits per heavy atom. The fraction of sp³-hybridized carbons (Fsp3) is 0.818. The lowest BCUT2D eigenvalue weighted by Gasteiger charge is -2.25. The molecule has 0 aliphatic rings. The van der Waals surface area contributed by atoms with Crippen molar-refractivity contribution in [1.29, 1.82) is 0 Å². The van der Waals surface area contributed by atoms with E-state index in [-0.39, 0.29) is 6.42 Å². The van der Waals surface area contributed by atoms with Crippen molar-refractivity contribution >= 4 is 11.8 Å². The van der Waals surface area contributed by atoms with Crippen LogP contribution in [0.1, 0.15) is 13.3 Å². The summed E-state index contributed by atoms with van der Waals surface area (Å²) in [7, 11) is 2.86. The molecule has 0 saturated heterocycles. The monoisotopic (exact) mass is 283 g/mol. The first kappa shape index (κ1) is 17.7. The maximum Gasteiger partial charge on any atom is 0.406 e. The second-order valence-corrected chi connectivity index (χ2v) is 4.26. The summed E-state index contributed by atoms with van der Waals surface area (Å²) in [5.74, 6) is -1.23. The molecule has 0 aliphatic carbocycles. The van der Waals surface area contributed by atoms with Crippen LogP contribution >= 0.6 is 0 Å². The molecule has 1 N–H and O–H groups in total. The number of alkyl halides is 3. The van der Waals surface area contributed by atoms with Crippen LogP contribution in [-0.4, -0.2) is 68.1 Å².